The zero-order valence-corrected chi connectivity index (χ0v) is 32.9. The minimum atomic E-state index is 0.572. The van der Waals surface area contributed by atoms with Gasteiger partial charge in [0.25, 0.3) is 0 Å². The molecular formula is C56H43NO2. The van der Waals surface area contributed by atoms with Gasteiger partial charge in [-0.1, -0.05) is 173 Å². The molecule has 284 valence electrons. The number of hydrogen-bond acceptors (Lipinski definition) is 3. The van der Waals surface area contributed by atoms with E-state index in [4.69, 9.17) is 15.4 Å². The van der Waals surface area contributed by atoms with E-state index >= 15 is 0 Å². The Morgan fingerprint density at radius 1 is 0.525 bits per heavy atom. The highest BCUT2D eigenvalue weighted by molar-refractivity contribution is 6.08. The summed E-state index contributed by atoms with van der Waals surface area (Å²) in [5.41, 5.74) is 13.1. The van der Waals surface area contributed by atoms with Crippen LogP contribution in [0, 0.1) is 0 Å². The minimum absolute atomic E-state index is 0.572. The summed E-state index contributed by atoms with van der Waals surface area (Å²) in [4.78, 5) is 2.07. The zero-order chi connectivity index (χ0) is 40.9. The molecule has 0 bridgehead atoms. The van der Waals surface area contributed by atoms with Crippen LogP contribution in [0.3, 0.4) is 0 Å². The lowest BCUT2D eigenvalue weighted by atomic mass is 9.97. The van der Waals surface area contributed by atoms with Gasteiger partial charge in [0.1, 0.15) is 22.5 Å². The van der Waals surface area contributed by atoms with Crippen molar-refractivity contribution in [1.82, 2.24) is 0 Å². The Balaban J connectivity index is 1.32. The highest BCUT2D eigenvalue weighted by Crippen LogP contribution is 2.42. The molecule has 59 heavy (non-hydrogen) atoms. The van der Waals surface area contributed by atoms with Gasteiger partial charge in [0.2, 0.25) is 0 Å². The van der Waals surface area contributed by atoms with Crippen LogP contribution in [0.4, 0.5) is 5.69 Å². The average molecular weight is 762 g/mol. The molecule has 3 heteroatoms. The molecule has 6 aromatic carbocycles. The van der Waals surface area contributed by atoms with E-state index in [1.54, 1.807) is 6.08 Å². The molecule has 2 heterocycles. The van der Waals surface area contributed by atoms with Crippen molar-refractivity contribution in [2.45, 2.75) is 0 Å². The van der Waals surface area contributed by atoms with Gasteiger partial charge in [-0.15, -0.1) is 0 Å². The molecule has 0 spiro atoms. The van der Waals surface area contributed by atoms with Crippen LogP contribution in [-0.2, 0) is 0 Å². The van der Waals surface area contributed by atoms with E-state index < -0.39 is 0 Å². The van der Waals surface area contributed by atoms with Gasteiger partial charge in [-0.05, 0) is 87.0 Å². The first-order chi connectivity index (χ1) is 28.9. The second-order valence-electron chi connectivity index (χ2n) is 14.1. The monoisotopic (exact) mass is 761 g/mol. The highest BCUT2D eigenvalue weighted by Gasteiger charge is 2.25. The molecule has 0 saturated carbocycles. The predicted molar refractivity (Wildman–Crippen MR) is 253 cm³/mol. The van der Waals surface area contributed by atoms with E-state index in [1.165, 1.54) is 0 Å². The van der Waals surface area contributed by atoms with Crippen molar-refractivity contribution in [1.29, 1.82) is 0 Å². The standard InChI is InChI=1S/C56H43NO2/c1-7-10-20-38(4)39(5)56-55(51-31-28-46(36-53(51)59-56)43-23-16-12-17-24-43)40(6)57(34-33-48(41(8-2)9-3)44-25-18-13-19-26-44)47-29-32-50-49-30-27-45(42-21-14-11-15-22-42)35-52(49)58-54(50)37-47/h7-37H,1-6H2/b20-10-,34-33+. The summed E-state index contributed by atoms with van der Waals surface area (Å²) in [6.45, 7) is 25.7. The normalized spacial score (nSPS) is 11.3. The first kappa shape index (κ1) is 38.0. The smallest absolute Gasteiger partial charge is 0.144 e. The third-order valence-electron chi connectivity index (χ3n) is 10.5. The number of hydrogen-bond donors (Lipinski definition) is 0. The van der Waals surface area contributed by atoms with Gasteiger partial charge < -0.3 is 13.7 Å². The van der Waals surface area contributed by atoms with Crippen molar-refractivity contribution in [3.05, 3.63) is 256 Å². The Hall–Kier alpha value is -7.88. The molecule has 8 aromatic rings. The highest BCUT2D eigenvalue weighted by atomic mass is 16.3. The molecule has 0 aliphatic carbocycles. The quantitative estimate of drug-likeness (QED) is 0.103. The summed E-state index contributed by atoms with van der Waals surface area (Å²) in [5, 5.41) is 2.95. The summed E-state index contributed by atoms with van der Waals surface area (Å²) in [7, 11) is 0. The van der Waals surface area contributed by atoms with E-state index in [-0.39, 0.29) is 0 Å². The molecule has 8 rings (SSSR count). The van der Waals surface area contributed by atoms with E-state index in [2.05, 4.69) is 135 Å². The van der Waals surface area contributed by atoms with E-state index in [1.807, 2.05) is 85.1 Å². The van der Waals surface area contributed by atoms with E-state index in [9.17, 15) is 0 Å². The van der Waals surface area contributed by atoms with Crippen molar-refractivity contribution >= 4 is 55.4 Å². The van der Waals surface area contributed by atoms with Crippen LogP contribution in [0.5, 0.6) is 0 Å². The van der Waals surface area contributed by atoms with Crippen molar-refractivity contribution in [2.75, 3.05) is 4.90 Å². The summed E-state index contributed by atoms with van der Waals surface area (Å²) in [6, 6.07) is 49.7. The zero-order valence-electron chi connectivity index (χ0n) is 32.9. The lowest BCUT2D eigenvalue weighted by Crippen LogP contribution is -2.14. The number of benzene rings is 6. The number of anilines is 1. The first-order valence-electron chi connectivity index (χ1n) is 19.4. The third kappa shape index (κ3) is 7.53. The molecule has 0 N–H and O–H groups in total. The lowest BCUT2D eigenvalue weighted by molar-refractivity contribution is 0.599. The van der Waals surface area contributed by atoms with Gasteiger partial charge in [-0.2, -0.15) is 0 Å². The maximum absolute atomic E-state index is 6.77. The molecule has 0 atom stereocenters. The van der Waals surface area contributed by atoms with Crippen LogP contribution in [0.1, 0.15) is 16.9 Å². The second kappa shape index (κ2) is 16.7. The number of rotatable bonds is 14. The van der Waals surface area contributed by atoms with Gasteiger partial charge in [-0.25, -0.2) is 0 Å². The maximum Gasteiger partial charge on any atom is 0.144 e. The number of furan rings is 2. The Kier molecular flexibility index (Phi) is 10.8. The summed E-state index contributed by atoms with van der Waals surface area (Å²) in [5.74, 6) is 0.572. The first-order valence-corrected chi connectivity index (χ1v) is 19.4. The van der Waals surface area contributed by atoms with Crippen LogP contribution < -0.4 is 4.90 Å². The Morgan fingerprint density at radius 3 is 1.66 bits per heavy atom. The number of fused-ring (bicyclic) bond motifs is 4. The van der Waals surface area contributed by atoms with Gasteiger partial charge in [0.05, 0.1) is 11.3 Å². The minimum Gasteiger partial charge on any atom is -0.456 e. The number of allylic oxidation sites excluding steroid dienone is 10. The van der Waals surface area contributed by atoms with Crippen LogP contribution >= 0.6 is 0 Å². The Bertz CT molecular complexity index is 3010. The number of nitrogens with zero attached hydrogens (tertiary/aromatic N) is 1. The van der Waals surface area contributed by atoms with Crippen LogP contribution in [0.2, 0.25) is 0 Å². The van der Waals surface area contributed by atoms with Gasteiger partial charge >= 0.3 is 0 Å². The molecular weight excluding hydrogens is 719 g/mol. The van der Waals surface area contributed by atoms with Gasteiger partial charge in [-0.3, -0.25) is 0 Å². The molecule has 0 aliphatic heterocycles. The SMILES string of the molecule is C=C/C=C\C(=C)C(=C)c1oc2cc(-c3ccccc3)ccc2c1C(=C)N(/C=C/C(=C(C=C)C=C)c1ccccc1)c1ccc2c(c1)oc1cc(-c3ccccc3)ccc12. The summed E-state index contributed by atoms with van der Waals surface area (Å²) in [6.07, 6.45) is 13.2. The van der Waals surface area contributed by atoms with Crippen molar-refractivity contribution in [2.24, 2.45) is 0 Å². The van der Waals surface area contributed by atoms with Crippen LogP contribution in [-0.4, -0.2) is 0 Å². The molecule has 0 amide bonds. The van der Waals surface area contributed by atoms with Gasteiger partial charge in [0, 0.05) is 39.7 Å². The molecule has 0 saturated heterocycles. The van der Waals surface area contributed by atoms with Crippen molar-refractivity contribution < 1.29 is 8.83 Å². The molecule has 3 nitrogen and oxygen atoms in total. The third-order valence-corrected chi connectivity index (χ3v) is 10.5. The second-order valence-corrected chi connectivity index (χ2v) is 14.1. The fourth-order valence-electron chi connectivity index (χ4n) is 7.44. The van der Waals surface area contributed by atoms with E-state index in [0.717, 1.165) is 77.5 Å². The maximum atomic E-state index is 6.77. The summed E-state index contributed by atoms with van der Waals surface area (Å²) < 4.78 is 13.4. The molecule has 0 aliphatic rings. The fourth-order valence-corrected chi connectivity index (χ4v) is 7.44. The Morgan fingerprint density at radius 2 is 1.07 bits per heavy atom. The van der Waals surface area contributed by atoms with Crippen molar-refractivity contribution in [3.63, 3.8) is 0 Å². The summed E-state index contributed by atoms with van der Waals surface area (Å²) >= 11 is 0. The lowest BCUT2D eigenvalue weighted by Gasteiger charge is -2.24. The van der Waals surface area contributed by atoms with E-state index in [0.29, 0.717) is 28.2 Å². The topological polar surface area (TPSA) is 29.5 Å². The predicted octanol–water partition coefficient (Wildman–Crippen LogP) is 15.8. The average Bonchev–Trinajstić information content (AvgIpc) is 3.86. The Labute approximate surface area is 345 Å². The molecule has 0 unspecified atom stereocenters. The van der Waals surface area contributed by atoms with Crippen molar-refractivity contribution in [3.8, 4) is 22.3 Å². The van der Waals surface area contributed by atoms with Crippen LogP contribution in [0.15, 0.2) is 248 Å². The van der Waals surface area contributed by atoms with Crippen LogP contribution in [0.25, 0.3) is 72.0 Å². The molecule has 0 fully saturated rings. The molecule has 0 radical (unpaired) electrons. The largest absolute Gasteiger partial charge is 0.456 e. The van der Waals surface area contributed by atoms with Gasteiger partial charge in [0.15, 0.2) is 0 Å². The molecule has 2 aromatic heterocycles. The fraction of sp³-hybridized carbons (Fsp3) is 0.